The summed E-state index contributed by atoms with van der Waals surface area (Å²) < 4.78 is 30.3. The van der Waals surface area contributed by atoms with Gasteiger partial charge in [0.25, 0.3) is 0 Å². The van der Waals surface area contributed by atoms with Crippen LogP contribution in [0.4, 0.5) is 0 Å². The number of aliphatic hydroxyl groups excluding tert-OH is 4. The van der Waals surface area contributed by atoms with Gasteiger partial charge >= 0.3 is 5.97 Å². The third kappa shape index (κ3) is 9.78. The maximum absolute atomic E-state index is 13.8. The van der Waals surface area contributed by atoms with Crippen LogP contribution in [0.3, 0.4) is 0 Å². The van der Waals surface area contributed by atoms with Crippen molar-refractivity contribution in [2.45, 2.75) is 147 Å². The van der Waals surface area contributed by atoms with Crippen LogP contribution in [0.1, 0.15) is 92.9 Å². The third-order valence-corrected chi connectivity index (χ3v) is 13.3. The van der Waals surface area contributed by atoms with E-state index in [-0.39, 0.29) is 72.4 Å². The molecule has 1 saturated carbocycles. The van der Waals surface area contributed by atoms with Gasteiger partial charge in [0.15, 0.2) is 17.5 Å². The Hall–Kier alpha value is -1.29. The molecule has 1 aliphatic carbocycles. The van der Waals surface area contributed by atoms with Gasteiger partial charge in [0, 0.05) is 55.1 Å². The predicted octanol–water partition coefficient (Wildman–Crippen LogP) is 3.63. The molecule has 4 saturated heterocycles. The van der Waals surface area contributed by atoms with E-state index in [4.69, 9.17) is 23.7 Å². The molecule has 0 bridgehead atoms. The van der Waals surface area contributed by atoms with Gasteiger partial charge in [0.05, 0.1) is 54.9 Å². The van der Waals surface area contributed by atoms with Gasteiger partial charge in [0.2, 0.25) is 5.78 Å². The van der Waals surface area contributed by atoms with Crippen molar-refractivity contribution in [1.82, 2.24) is 0 Å². The SMILES string of the molecule is C=C1OC(=O)C(C(=O)[C@@H](OC)[C@H]2[C@H](CO)[C@H](O)[C@H](C)C[C@@H]2/C=C(\CO)[C@H]2CC[C@H](C)[C@@H](/C(C)=C/C[C@@H]3O[C@](C)([C@H]4CC[C@@H]([C@H](O)CC)O4)C[C@H]3C)O2)C1=O.[Na]. The van der Waals surface area contributed by atoms with E-state index in [1.165, 1.54) is 7.11 Å². The largest absolute Gasteiger partial charge is 0.422 e. The number of esters is 1. The van der Waals surface area contributed by atoms with Gasteiger partial charge in [-0.15, -0.1) is 0 Å². The molecule has 5 rings (SSSR count). The summed E-state index contributed by atoms with van der Waals surface area (Å²) >= 11 is 0. The summed E-state index contributed by atoms with van der Waals surface area (Å²) in [6, 6.07) is 0. The Bertz CT molecular complexity index is 1450. The number of rotatable bonds is 14. The molecule has 13 heteroatoms. The third-order valence-electron chi connectivity index (χ3n) is 13.3. The first-order valence-electron chi connectivity index (χ1n) is 20.0. The van der Waals surface area contributed by atoms with Gasteiger partial charge < -0.3 is 44.1 Å². The number of carbonyl (C=O) groups excluding carboxylic acids is 3. The van der Waals surface area contributed by atoms with Crippen molar-refractivity contribution in [3.8, 4) is 0 Å². The van der Waals surface area contributed by atoms with Crippen LogP contribution in [0.5, 0.6) is 0 Å². The molecule has 4 heterocycles. The first kappa shape index (κ1) is 46.4. The molecule has 16 atom stereocenters. The minimum atomic E-state index is -1.73. The molecule has 0 aromatic rings. The van der Waals surface area contributed by atoms with Crippen molar-refractivity contribution in [2.75, 3.05) is 20.3 Å². The molecule has 4 aliphatic heterocycles. The van der Waals surface area contributed by atoms with E-state index in [9.17, 15) is 34.8 Å². The maximum atomic E-state index is 13.8. The molecule has 0 spiro atoms. The van der Waals surface area contributed by atoms with Crippen molar-refractivity contribution in [2.24, 2.45) is 41.4 Å². The normalized spacial score (nSPS) is 41.2. The molecule has 1 radical (unpaired) electrons. The van der Waals surface area contributed by atoms with E-state index in [1.807, 2.05) is 19.9 Å². The monoisotopic (exact) mass is 783 g/mol. The zero-order chi connectivity index (χ0) is 39.6. The molecular weight excluding hydrogens is 719 g/mol. The first-order valence-corrected chi connectivity index (χ1v) is 20.0. The van der Waals surface area contributed by atoms with Crippen molar-refractivity contribution in [1.29, 1.82) is 0 Å². The second-order valence-corrected chi connectivity index (χ2v) is 17.0. The topological polar surface area (TPSA) is 178 Å². The Morgan fingerprint density at radius 3 is 2.38 bits per heavy atom. The molecule has 305 valence electrons. The number of aliphatic hydroxyl groups is 4. The van der Waals surface area contributed by atoms with Crippen LogP contribution in [-0.4, -0.2) is 142 Å². The number of ether oxygens (including phenoxy) is 5. The van der Waals surface area contributed by atoms with Gasteiger partial charge in [-0.1, -0.05) is 46.4 Å². The number of allylic oxidation sites excluding steroid dienone is 2. The van der Waals surface area contributed by atoms with E-state index in [2.05, 4.69) is 40.3 Å². The maximum Gasteiger partial charge on any atom is 0.330 e. The van der Waals surface area contributed by atoms with Crippen LogP contribution in [-0.2, 0) is 38.1 Å². The second kappa shape index (κ2) is 19.6. The Morgan fingerprint density at radius 2 is 1.78 bits per heavy atom. The fourth-order valence-electron chi connectivity index (χ4n) is 10.1. The van der Waals surface area contributed by atoms with Gasteiger partial charge in [-0.25, -0.2) is 0 Å². The van der Waals surface area contributed by atoms with Crippen molar-refractivity contribution < 1.29 is 58.5 Å². The van der Waals surface area contributed by atoms with Gasteiger partial charge in [0.1, 0.15) is 6.10 Å². The van der Waals surface area contributed by atoms with Gasteiger partial charge in [-0.3, -0.25) is 14.4 Å². The molecule has 5 aliphatic rings. The van der Waals surface area contributed by atoms with Crippen molar-refractivity contribution in [3.05, 3.63) is 35.6 Å². The molecule has 0 amide bonds. The minimum Gasteiger partial charge on any atom is -0.422 e. The number of carbonyl (C=O) groups is 3. The Balaban J connectivity index is 0.00000673. The number of ketones is 2. The average molecular weight is 784 g/mol. The number of methoxy groups -OCH3 is 1. The Kier molecular flexibility index (Phi) is 16.6. The average Bonchev–Trinajstić information content (AvgIpc) is 3.83. The summed E-state index contributed by atoms with van der Waals surface area (Å²) in [6.07, 6.45) is 6.47. The molecule has 1 unspecified atom stereocenters. The fraction of sp³-hybridized carbons (Fsp3) is 0.786. The van der Waals surface area contributed by atoms with Gasteiger partial charge in [-0.2, -0.15) is 0 Å². The van der Waals surface area contributed by atoms with Crippen LogP contribution < -0.4 is 0 Å². The van der Waals surface area contributed by atoms with E-state index in [0.717, 1.165) is 37.7 Å². The molecular formula is C42H64NaO12. The molecule has 0 aromatic heterocycles. The molecule has 55 heavy (non-hydrogen) atoms. The number of Topliss-reactive ketones (excluding diaryl/α,β-unsaturated/α-hetero) is 2. The minimum absolute atomic E-state index is 0. The quantitative estimate of drug-likeness (QED) is 0.0663. The summed E-state index contributed by atoms with van der Waals surface area (Å²) in [5.74, 6) is -6.59. The van der Waals surface area contributed by atoms with E-state index in [0.29, 0.717) is 30.8 Å². The van der Waals surface area contributed by atoms with Crippen LogP contribution >= 0.6 is 0 Å². The predicted molar refractivity (Wildman–Crippen MR) is 204 cm³/mol. The van der Waals surface area contributed by atoms with Crippen LogP contribution in [0, 0.1) is 41.4 Å². The van der Waals surface area contributed by atoms with Gasteiger partial charge in [-0.05, 0) is 100 Å². The number of hydrogen-bond acceptors (Lipinski definition) is 12. The van der Waals surface area contributed by atoms with Crippen LogP contribution in [0.15, 0.2) is 35.6 Å². The zero-order valence-corrected chi connectivity index (χ0v) is 36.1. The summed E-state index contributed by atoms with van der Waals surface area (Å²) in [7, 11) is 1.30. The smallest absolute Gasteiger partial charge is 0.330 e. The number of cyclic esters (lactones) is 1. The summed E-state index contributed by atoms with van der Waals surface area (Å²) in [5, 5.41) is 42.8. The Morgan fingerprint density at radius 1 is 1.07 bits per heavy atom. The molecule has 12 nitrogen and oxygen atoms in total. The van der Waals surface area contributed by atoms with E-state index in [1.54, 1.807) is 0 Å². The first-order chi connectivity index (χ1) is 25.6. The van der Waals surface area contributed by atoms with Crippen molar-refractivity contribution in [3.63, 3.8) is 0 Å². The standard InChI is InChI=1S/C42H64O12.Na/c1-9-29(45)32-14-15-33(52-32)42(7)18-24(5)30(54-42)12-10-21(2)39-22(3)11-13-31(53-39)27(19-43)17-26-16-23(4)36(46)28(20-44)34(26)40(50-8)38(48)35-37(47)25(6)51-41(35)49;/h10,17,22-24,26,28-36,39-40,43-46H,6,9,11-16,18-20H2,1-5,7-8H3;/b21-10+,27-17+;/t22-,23+,24+,26+,28-,29+,30-,31+,32-,33+,34+,35?,36+,39+,40-,42-;/m0./s1. The zero-order valence-electron chi connectivity index (χ0n) is 34.1. The summed E-state index contributed by atoms with van der Waals surface area (Å²) in [5.41, 5.74) is 1.31. The van der Waals surface area contributed by atoms with E-state index < -0.39 is 83.6 Å². The summed E-state index contributed by atoms with van der Waals surface area (Å²) in [6.45, 7) is 15.1. The van der Waals surface area contributed by atoms with Crippen LogP contribution in [0.2, 0.25) is 0 Å². The van der Waals surface area contributed by atoms with Crippen LogP contribution in [0.25, 0.3) is 0 Å². The number of hydrogen-bond donors (Lipinski definition) is 4. The summed E-state index contributed by atoms with van der Waals surface area (Å²) in [4.78, 5) is 39.0. The van der Waals surface area contributed by atoms with Crippen molar-refractivity contribution >= 4 is 47.1 Å². The molecule has 5 fully saturated rings. The van der Waals surface area contributed by atoms with E-state index >= 15 is 0 Å². The second-order valence-electron chi connectivity index (χ2n) is 17.0. The Labute approximate surface area is 348 Å². The fourth-order valence-corrected chi connectivity index (χ4v) is 10.1. The molecule has 0 aromatic carbocycles. The molecule has 4 N–H and O–H groups in total.